The van der Waals surface area contributed by atoms with Crippen molar-refractivity contribution in [1.29, 1.82) is 0 Å². The van der Waals surface area contributed by atoms with Crippen LogP contribution in [0.15, 0.2) is 30.6 Å². The molecule has 7 nitrogen and oxygen atoms in total. The molecule has 28 heavy (non-hydrogen) atoms. The highest BCUT2D eigenvalue weighted by atomic mass is 16.3. The second kappa shape index (κ2) is 7.24. The van der Waals surface area contributed by atoms with Gasteiger partial charge >= 0.3 is 0 Å². The quantitative estimate of drug-likeness (QED) is 0.557. The van der Waals surface area contributed by atoms with Crippen molar-refractivity contribution in [3.05, 3.63) is 41.9 Å². The number of hydrogen-bond acceptors (Lipinski definition) is 5. The number of rotatable bonds is 6. The van der Waals surface area contributed by atoms with Gasteiger partial charge in [-0.3, -0.25) is 0 Å². The van der Waals surface area contributed by atoms with Crippen LogP contribution in [0.3, 0.4) is 0 Å². The molecule has 0 spiro atoms. The zero-order chi connectivity index (χ0) is 19.8. The van der Waals surface area contributed by atoms with Gasteiger partial charge < -0.3 is 14.6 Å². The Morgan fingerprint density at radius 3 is 2.54 bits per heavy atom. The summed E-state index contributed by atoms with van der Waals surface area (Å²) in [6.45, 7) is 12.6. The van der Waals surface area contributed by atoms with Gasteiger partial charge in [-0.2, -0.15) is 0 Å². The van der Waals surface area contributed by atoms with Gasteiger partial charge in [0.2, 0.25) is 0 Å². The summed E-state index contributed by atoms with van der Waals surface area (Å²) in [4.78, 5) is 11.8. The fourth-order valence-electron chi connectivity index (χ4n) is 3.76. The topological polar surface area (TPSA) is 71.5 Å². The molecule has 0 aliphatic carbocycles. The molecule has 146 valence electrons. The third kappa shape index (κ3) is 2.92. The number of hydrogen-bond donors (Lipinski definition) is 1. The van der Waals surface area contributed by atoms with Crippen molar-refractivity contribution < 1.29 is 5.11 Å². The number of nitrogens with zero attached hydrogens (tertiary/aromatic N) is 6. The monoisotopic (exact) mass is 378 g/mol. The number of para-hydroxylation sites is 1. The predicted molar refractivity (Wildman–Crippen MR) is 111 cm³/mol. The van der Waals surface area contributed by atoms with Crippen LogP contribution in [-0.2, 0) is 6.54 Å². The Labute approximate surface area is 164 Å². The molecule has 0 fully saturated rings. The zero-order valence-electron chi connectivity index (χ0n) is 16.8. The molecule has 4 aromatic rings. The minimum absolute atomic E-state index is 0.173. The summed E-state index contributed by atoms with van der Waals surface area (Å²) < 4.78 is 3.97. The van der Waals surface area contributed by atoms with Crippen LogP contribution in [0.2, 0.25) is 0 Å². The third-order valence-electron chi connectivity index (χ3n) is 5.63. The van der Waals surface area contributed by atoms with Gasteiger partial charge in [0.05, 0.1) is 10.9 Å². The van der Waals surface area contributed by atoms with Crippen LogP contribution in [0.25, 0.3) is 28.1 Å². The minimum atomic E-state index is 0.173. The average Bonchev–Trinajstić information content (AvgIpc) is 3.23. The summed E-state index contributed by atoms with van der Waals surface area (Å²) in [5.74, 6) is 0.674. The Hall–Kier alpha value is -2.93. The van der Waals surface area contributed by atoms with Crippen LogP contribution in [0, 0.1) is 13.8 Å². The van der Waals surface area contributed by atoms with Crippen LogP contribution in [-0.4, -0.2) is 53.8 Å². The summed E-state index contributed by atoms with van der Waals surface area (Å²) in [5.41, 5.74) is 4.70. The van der Waals surface area contributed by atoms with Crippen molar-refractivity contribution in [3.8, 4) is 17.1 Å². The van der Waals surface area contributed by atoms with E-state index >= 15 is 0 Å². The first-order valence-corrected chi connectivity index (χ1v) is 9.76. The summed E-state index contributed by atoms with van der Waals surface area (Å²) in [6, 6.07) is 7.13. The van der Waals surface area contributed by atoms with Crippen molar-refractivity contribution in [2.45, 2.75) is 34.2 Å². The molecule has 1 aromatic carbocycles. The highest BCUT2D eigenvalue weighted by Gasteiger charge is 2.19. The van der Waals surface area contributed by atoms with E-state index in [-0.39, 0.29) is 5.75 Å². The lowest BCUT2D eigenvalue weighted by atomic mass is 10.2. The molecular formula is C21H26N6O. The summed E-state index contributed by atoms with van der Waals surface area (Å²) >= 11 is 0. The lowest BCUT2D eigenvalue weighted by Gasteiger charge is -2.19. The minimum Gasteiger partial charge on any atom is -0.507 e. The van der Waals surface area contributed by atoms with Gasteiger partial charge in [-0.15, -0.1) is 5.10 Å². The van der Waals surface area contributed by atoms with Crippen molar-refractivity contribution >= 4 is 16.7 Å². The smallest absolute Gasteiger partial charge is 0.185 e. The molecule has 0 bridgehead atoms. The summed E-state index contributed by atoms with van der Waals surface area (Å²) in [7, 11) is 0. The molecule has 1 N–H and O–H groups in total. The molecule has 3 aromatic heterocycles. The SMILES string of the molecule is CCN(CC)CCn1c(C)c(C)c2c1ncn1nc(-c3ccccc3O)nc21. The fraction of sp³-hybridized carbons (Fsp3) is 0.381. The molecule has 3 heterocycles. The fourth-order valence-corrected chi connectivity index (χ4v) is 3.76. The number of phenols is 1. The second-order valence-corrected chi connectivity index (χ2v) is 7.05. The first-order valence-electron chi connectivity index (χ1n) is 9.76. The largest absolute Gasteiger partial charge is 0.507 e. The normalized spacial score (nSPS) is 11.9. The molecule has 0 aliphatic heterocycles. The van der Waals surface area contributed by atoms with E-state index in [0.717, 1.165) is 42.9 Å². The van der Waals surface area contributed by atoms with E-state index in [9.17, 15) is 5.11 Å². The van der Waals surface area contributed by atoms with E-state index in [1.165, 1.54) is 11.3 Å². The number of likely N-dealkylation sites (N-methyl/N-ethyl adjacent to an activating group) is 1. The molecule has 0 aliphatic rings. The number of aromatic hydroxyl groups is 1. The Morgan fingerprint density at radius 1 is 1.07 bits per heavy atom. The van der Waals surface area contributed by atoms with Crippen molar-refractivity contribution in [2.75, 3.05) is 19.6 Å². The van der Waals surface area contributed by atoms with E-state index < -0.39 is 0 Å². The highest BCUT2D eigenvalue weighted by Crippen LogP contribution is 2.30. The molecule has 0 saturated carbocycles. The van der Waals surface area contributed by atoms with Crippen molar-refractivity contribution in [1.82, 2.24) is 29.0 Å². The number of benzene rings is 1. The van der Waals surface area contributed by atoms with Gasteiger partial charge in [0.15, 0.2) is 11.5 Å². The van der Waals surface area contributed by atoms with E-state index in [2.05, 4.69) is 42.3 Å². The van der Waals surface area contributed by atoms with Crippen molar-refractivity contribution in [2.24, 2.45) is 0 Å². The van der Waals surface area contributed by atoms with Crippen LogP contribution in [0.4, 0.5) is 0 Å². The number of fused-ring (bicyclic) bond motifs is 3. The van der Waals surface area contributed by atoms with Crippen LogP contribution >= 0.6 is 0 Å². The van der Waals surface area contributed by atoms with Gasteiger partial charge in [-0.1, -0.05) is 26.0 Å². The average molecular weight is 378 g/mol. The maximum Gasteiger partial charge on any atom is 0.185 e. The maximum atomic E-state index is 10.2. The van der Waals surface area contributed by atoms with Gasteiger partial charge in [0.1, 0.15) is 17.7 Å². The molecular weight excluding hydrogens is 352 g/mol. The van der Waals surface area contributed by atoms with E-state index in [1.807, 2.05) is 12.1 Å². The second-order valence-electron chi connectivity index (χ2n) is 7.05. The molecule has 4 rings (SSSR count). The molecule has 0 radical (unpaired) electrons. The zero-order valence-corrected chi connectivity index (χ0v) is 16.8. The molecule has 7 heteroatoms. The Morgan fingerprint density at radius 2 is 1.82 bits per heavy atom. The van der Waals surface area contributed by atoms with Crippen molar-refractivity contribution in [3.63, 3.8) is 0 Å². The van der Waals surface area contributed by atoms with Crippen LogP contribution in [0.5, 0.6) is 5.75 Å². The van der Waals surface area contributed by atoms with E-state index in [4.69, 9.17) is 9.97 Å². The summed E-state index contributed by atoms with van der Waals surface area (Å²) in [6.07, 6.45) is 1.71. The molecule has 0 saturated heterocycles. The third-order valence-corrected chi connectivity index (χ3v) is 5.63. The van der Waals surface area contributed by atoms with Gasteiger partial charge in [-0.05, 0) is 44.6 Å². The highest BCUT2D eigenvalue weighted by molar-refractivity contribution is 5.94. The molecule has 0 amide bonds. The van der Waals surface area contributed by atoms with Gasteiger partial charge in [0.25, 0.3) is 0 Å². The predicted octanol–water partition coefficient (Wildman–Crippen LogP) is 3.41. The van der Waals surface area contributed by atoms with E-state index in [1.54, 1.807) is 23.0 Å². The Kier molecular flexibility index (Phi) is 4.77. The number of aromatic nitrogens is 5. The lowest BCUT2D eigenvalue weighted by Crippen LogP contribution is -2.27. The Bertz CT molecular complexity index is 1140. The van der Waals surface area contributed by atoms with Crippen LogP contribution in [0.1, 0.15) is 25.1 Å². The molecule has 0 unspecified atom stereocenters. The van der Waals surface area contributed by atoms with Crippen LogP contribution < -0.4 is 0 Å². The number of aryl methyl sites for hydroxylation is 1. The van der Waals surface area contributed by atoms with Gasteiger partial charge in [-0.25, -0.2) is 14.5 Å². The number of phenolic OH excluding ortho intramolecular Hbond substituents is 1. The first-order chi connectivity index (χ1) is 13.5. The van der Waals surface area contributed by atoms with Gasteiger partial charge in [0, 0.05) is 18.8 Å². The molecule has 0 atom stereocenters. The first kappa shape index (κ1) is 18.4. The maximum absolute atomic E-state index is 10.2. The Balaban J connectivity index is 1.84. The lowest BCUT2D eigenvalue weighted by molar-refractivity contribution is 0.291. The summed E-state index contributed by atoms with van der Waals surface area (Å²) in [5, 5.41) is 15.7. The van der Waals surface area contributed by atoms with E-state index in [0.29, 0.717) is 11.4 Å². The standard InChI is InChI=1S/C21H26N6O/c1-5-25(6-2)11-12-26-15(4)14(3)18-20(26)22-13-27-21(18)23-19(24-27)16-9-7-8-10-17(16)28/h7-10,13,28H,5-6,11-12H2,1-4H3.